The molecule has 6 nitrogen and oxygen atoms in total. The highest BCUT2D eigenvalue weighted by atomic mass is 32.2. The third-order valence-corrected chi connectivity index (χ3v) is 4.42. The Hall–Kier alpha value is -1.26. The van der Waals surface area contributed by atoms with Crippen molar-refractivity contribution in [2.45, 2.75) is 14.7 Å². The Kier molecular flexibility index (Phi) is 3.27. The summed E-state index contributed by atoms with van der Waals surface area (Å²) in [6.45, 7) is 0. The van der Waals surface area contributed by atoms with Crippen LogP contribution >= 0.6 is 12.6 Å². The van der Waals surface area contributed by atoms with E-state index < -0.39 is 30.0 Å². The quantitative estimate of drug-likeness (QED) is 0.818. The van der Waals surface area contributed by atoms with Gasteiger partial charge in [-0.1, -0.05) is 18.7 Å². The van der Waals surface area contributed by atoms with Gasteiger partial charge < -0.3 is 0 Å². The fourth-order valence-electron chi connectivity index (χ4n) is 1.64. The van der Waals surface area contributed by atoms with Crippen LogP contribution < -0.4 is 0 Å². The molecule has 2 aromatic carbocycles. The lowest BCUT2D eigenvalue weighted by molar-refractivity contribution is 0.482. The summed E-state index contributed by atoms with van der Waals surface area (Å²) in [5.41, 5.74) is 0. The van der Waals surface area contributed by atoms with Gasteiger partial charge in [0.25, 0.3) is 20.2 Å². The van der Waals surface area contributed by atoms with E-state index in [1.165, 1.54) is 18.2 Å². The third kappa shape index (κ3) is 2.85. The molecule has 0 heterocycles. The van der Waals surface area contributed by atoms with Gasteiger partial charge in [0.2, 0.25) is 0 Å². The summed E-state index contributed by atoms with van der Waals surface area (Å²) in [6.07, 6.45) is 0. The molecule has 0 aliphatic rings. The van der Waals surface area contributed by atoms with Gasteiger partial charge in [-0.15, -0.1) is 0 Å². The molecule has 0 saturated heterocycles. The predicted octanol–water partition coefficient (Wildman–Crippen LogP) is 1.89. The minimum absolute atomic E-state index is 0.0856. The summed E-state index contributed by atoms with van der Waals surface area (Å²) >= 11 is 4.88. The highest BCUT2D eigenvalue weighted by Gasteiger charge is 2.20. The van der Waals surface area contributed by atoms with Gasteiger partial charge in [0.15, 0.2) is 0 Å². The van der Waals surface area contributed by atoms with Crippen molar-refractivity contribution in [3.8, 4) is 0 Å². The van der Waals surface area contributed by atoms with E-state index in [1.807, 2.05) is 0 Å². The van der Waals surface area contributed by atoms with E-state index in [2.05, 4.69) is 0 Å². The number of hydrogen-bond donors (Lipinski definition) is 2. The highest BCUT2D eigenvalue weighted by Crippen LogP contribution is 2.28. The molecule has 19 heavy (non-hydrogen) atoms. The third-order valence-electron chi connectivity index (χ3n) is 2.44. The molecule has 0 unspecified atom stereocenters. The van der Waals surface area contributed by atoms with Crippen molar-refractivity contribution in [2.75, 3.05) is 0 Å². The second kappa shape index (κ2) is 4.39. The SMILES string of the molecule is O=S(=O)(O)c1cc(S(=O)(=O)O)c2cc([S])ccc2c1. The van der Waals surface area contributed by atoms with Crippen LogP contribution in [0.3, 0.4) is 0 Å². The minimum Gasteiger partial charge on any atom is -0.282 e. The fourth-order valence-corrected chi connectivity index (χ4v) is 3.17. The molecule has 0 aliphatic heterocycles. The van der Waals surface area contributed by atoms with Crippen LogP contribution in [-0.4, -0.2) is 25.9 Å². The Balaban J connectivity index is 3.01. The molecule has 0 aliphatic carbocycles. The lowest BCUT2D eigenvalue weighted by Crippen LogP contribution is -2.04. The standard InChI is InChI=1S/C10H7O6S3/c11-18(12,13)8-3-6-1-2-7(17)4-9(6)10(5-8)19(14,15)16/h1-5H,(H,11,12,13)(H,14,15,16). The molecular weight excluding hydrogens is 312 g/mol. The van der Waals surface area contributed by atoms with Crippen LogP contribution in [0.4, 0.5) is 0 Å². The second-order valence-corrected chi connectivity index (χ2v) is 7.04. The van der Waals surface area contributed by atoms with Crippen molar-refractivity contribution >= 4 is 43.6 Å². The summed E-state index contributed by atoms with van der Waals surface area (Å²) in [6, 6.07) is 5.97. The summed E-state index contributed by atoms with van der Waals surface area (Å²) in [5, 5.41) is 0.304. The first kappa shape index (κ1) is 14.2. The molecule has 0 amide bonds. The molecule has 0 atom stereocenters. The van der Waals surface area contributed by atoms with Gasteiger partial charge in [-0.25, -0.2) is 0 Å². The first-order valence-corrected chi connectivity index (χ1v) is 8.08. The number of rotatable bonds is 2. The van der Waals surface area contributed by atoms with Gasteiger partial charge in [-0.3, -0.25) is 9.11 Å². The Morgan fingerprint density at radius 1 is 0.895 bits per heavy atom. The topological polar surface area (TPSA) is 109 Å². The van der Waals surface area contributed by atoms with Crippen molar-refractivity contribution < 1.29 is 25.9 Å². The van der Waals surface area contributed by atoms with E-state index in [1.54, 1.807) is 0 Å². The average Bonchev–Trinajstić information content (AvgIpc) is 2.24. The Labute approximate surface area is 115 Å². The van der Waals surface area contributed by atoms with Crippen molar-refractivity contribution in [1.29, 1.82) is 0 Å². The molecule has 0 fully saturated rings. The van der Waals surface area contributed by atoms with E-state index in [0.717, 1.165) is 6.07 Å². The normalized spacial score (nSPS) is 12.7. The van der Waals surface area contributed by atoms with Crippen molar-refractivity contribution in [1.82, 2.24) is 0 Å². The van der Waals surface area contributed by atoms with Crippen LogP contribution in [0.2, 0.25) is 0 Å². The Morgan fingerprint density at radius 3 is 2.05 bits per heavy atom. The smallest absolute Gasteiger partial charge is 0.282 e. The molecule has 2 aromatic rings. The van der Waals surface area contributed by atoms with Gasteiger partial charge in [-0.2, -0.15) is 16.8 Å². The maximum atomic E-state index is 11.3. The summed E-state index contributed by atoms with van der Waals surface area (Å²) in [4.78, 5) is -0.911. The molecule has 0 aromatic heterocycles. The summed E-state index contributed by atoms with van der Waals surface area (Å²) < 4.78 is 62.8. The van der Waals surface area contributed by atoms with Crippen LogP contribution in [0.15, 0.2) is 45.0 Å². The van der Waals surface area contributed by atoms with Crippen LogP contribution in [-0.2, 0) is 20.2 Å². The number of fused-ring (bicyclic) bond motifs is 1. The molecule has 2 rings (SSSR count). The van der Waals surface area contributed by atoms with Crippen molar-refractivity contribution in [3.05, 3.63) is 30.3 Å². The van der Waals surface area contributed by atoms with Crippen LogP contribution in [0, 0.1) is 0 Å². The first-order valence-electron chi connectivity index (χ1n) is 4.79. The van der Waals surface area contributed by atoms with Gasteiger partial charge >= 0.3 is 0 Å². The maximum Gasteiger partial charge on any atom is 0.295 e. The van der Waals surface area contributed by atoms with Crippen molar-refractivity contribution in [3.63, 3.8) is 0 Å². The number of benzene rings is 2. The average molecular weight is 319 g/mol. The van der Waals surface area contributed by atoms with Gasteiger partial charge in [-0.05, 0) is 29.7 Å². The summed E-state index contributed by atoms with van der Waals surface area (Å²) in [7, 11) is -9.24. The summed E-state index contributed by atoms with van der Waals surface area (Å²) in [5.74, 6) is 0. The zero-order chi connectivity index (χ0) is 14.4. The first-order chi connectivity index (χ1) is 8.59. The lowest BCUT2D eigenvalue weighted by atomic mass is 10.1. The molecule has 2 N–H and O–H groups in total. The van der Waals surface area contributed by atoms with E-state index >= 15 is 0 Å². The monoisotopic (exact) mass is 319 g/mol. The van der Waals surface area contributed by atoms with E-state index in [4.69, 9.17) is 21.7 Å². The zero-order valence-electron chi connectivity index (χ0n) is 9.14. The zero-order valence-corrected chi connectivity index (χ0v) is 11.6. The lowest BCUT2D eigenvalue weighted by Gasteiger charge is -2.07. The van der Waals surface area contributed by atoms with E-state index in [-0.39, 0.29) is 10.8 Å². The molecule has 9 heteroatoms. The Bertz CT molecular complexity index is 868. The van der Waals surface area contributed by atoms with E-state index in [0.29, 0.717) is 11.0 Å². The van der Waals surface area contributed by atoms with Crippen LogP contribution in [0.5, 0.6) is 0 Å². The van der Waals surface area contributed by atoms with Gasteiger partial charge in [0.1, 0.15) is 4.90 Å². The Morgan fingerprint density at radius 2 is 1.53 bits per heavy atom. The molecule has 0 spiro atoms. The molecular formula is C10H7O6S3. The van der Waals surface area contributed by atoms with Gasteiger partial charge in [0.05, 0.1) is 4.90 Å². The van der Waals surface area contributed by atoms with Crippen LogP contribution in [0.25, 0.3) is 10.8 Å². The second-order valence-electron chi connectivity index (χ2n) is 3.75. The van der Waals surface area contributed by atoms with E-state index in [9.17, 15) is 16.8 Å². The minimum atomic E-state index is -4.65. The fraction of sp³-hybridized carbons (Fsp3) is 0. The van der Waals surface area contributed by atoms with Crippen molar-refractivity contribution in [2.24, 2.45) is 0 Å². The highest BCUT2D eigenvalue weighted by molar-refractivity contribution is 7.86. The maximum absolute atomic E-state index is 11.3. The molecule has 101 valence electrons. The molecule has 1 radical (unpaired) electrons. The largest absolute Gasteiger partial charge is 0.295 e. The van der Waals surface area contributed by atoms with Crippen LogP contribution in [0.1, 0.15) is 0 Å². The molecule has 0 saturated carbocycles. The van der Waals surface area contributed by atoms with Gasteiger partial charge in [0, 0.05) is 10.3 Å². The number of hydrogen-bond acceptors (Lipinski definition) is 4. The predicted molar refractivity (Wildman–Crippen MR) is 69.4 cm³/mol. The molecule has 0 bridgehead atoms.